The Bertz CT molecular complexity index is 1160. The largest absolute Gasteiger partial charge is 0.362 e. The maximum atomic E-state index is 12.6. The summed E-state index contributed by atoms with van der Waals surface area (Å²) in [6, 6.07) is 24.5. The van der Waals surface area contributed by atoms with Crippen molar-refractivity contribution in [3.8, 4) is 0 Å². The molecule has 1 fully saturated rings. The van der Waals surface area contributed by atoms with Crippen LogP contribution in [0.1, 0.15) is 28.4 Å². The fraction of sp³-hybridized carbons (Fsp3) is 0.231. The summed E-state index contributed by atoms with van der Waals surface area (Å²) in [4.78, 5) is 32.7. The van der Waals surface area contributed by atoms with Gasteiger partial charge in [0.05, 0.1) is 16.7 Å². The molecule has 2 aliphatic rings. The van der Waals surface area contributed by atoms with Crippen LogP contribution in [0, 0.1) is 10.1 Å². The van der Waals surface area contributed by atoms with Crippen LogP contribution in [-0.2, 0) is 11.2 Å². The molecular formula is C26H24N4O3. The first-order valence-electron chi connectivity index (χ1n) is 11.1. The van der Waals surface area contributed by atoms with Crippen molar-refractivity contribution in [2.45, 2.75) is 12.5 Å². The number of benzene rings is 2. The van der Waals surface area contributed by atoms with E-state index in [1.807, 2.05) is 47.4 Å². The fourth-order valence-corrected chi connectivity index (χ4v) is 4.87. The molecule has 166 valence electrons. The second-order valence-electron chi connectivity index (χ2n) is 8.31. The first-order valence-corrected chi connectivity index (χ1v) is 11.1. The van der Waals surface area contributed by atoms with Crippen molar-refractivity contribution in [1.29, 1.82) is 0 Å². The molecule has 3 aromatic rings. The Labute approximate surface area is 192 Å². The summed E-state index contributed by atoms with van der Waals surface area (Å²) in [7, 11) is 0. The molecule has 0 spiro atoms. The Morgan fingerprint density at radius 2 is 1.45 bits per heavy atom. The van der Waals surface area contributed by atoms with Gasteiger partial charge in [0.2, 0.25) is 5.78 Å². The van der Waals surface area contributed by atoms with Crippen LogP contribution in [-0.4, -0.2) is 51.7 Å². The number of piperazine rings is 1. The van der Waals surface area contributed by atoms with E-state index in [-0.39, 0.29) is 18.2 Å². The molecule has 7 heteroatoms. The van der Waals surface area contributed by atoms with E-state index < -0.39 is 10.7 Å². The molecule has 0 N–H and O–H groups in total. The van der Waals surface area contributed by atoms with E-state index in [0.29, 0.717) is 37.6 Å². The lowest BCUT2D eigenvalue weighted by Gasteiger charge is -2.41. The van der Waals surface area contributed by atoms with E-state index in [0.717, 1.165) is 5.56 Å². The maximum absolute atomic E-state index is 12.6. The number of hydrogen-bond acceptors (Lipinski definition) is 6. The van der Waals surface area contributed by atoms with Crippen molar-refractivity contribution >= 4 is 11.5 Å². The molecule has 7 nitrogen and oxygen atoms in total. The standard InChI is InChI=1S/C26H24N4O3/c31-22-18-21-12-7-13-27-23(21)26(25(22)30(32)33)29-16-14-28(15-17-29)24(19-8-3-1-4-9-19)20-10-5-2-6-11-20/h1-13,24H,14-18H2. The van der Waals surface area contributed by atoms with Crippen LogP contribution in [0.2, 0.25) is 0 Å². The van der Waals surface area contributed by atoms with Crippen molar-refractivity contribution in [1.82, 2.24) is 14.8 Å². The predicted octanol–water partition coefficient (Wildman–Crippen LogP) is 3.56. The van der Waals surface area contributed by atoms with E-state index in [9.17, 15) is 14.9 Å². The summed E-state index contributed by atoms with van der Waals surface area (Å²) in [6.45, 7) is 2.57. The number of carbonyl (C=O) groups is 1. The number of allylic oxidation sites excluding steroid dienone is 1. The number of aromatic nitrogens is 1. The van der Waals surface area contributed by atoms with Gasteiger partial charge in [0.15, 0.2) is 0 Å². The molecule has 1 aliphatic heterocycles. The highest BCUT2D eigenvalue weighted by atomic mass is 16.6. The number of nitrogens with zero attached hydrogens (tertiary/aromatic N) is 4. The second-order valence-corrected chi connectivity index (χ2v) is 8.31. The lowest BCUT2D eigenvalue weighted by atomic mass is 9.94. The van der Waals surface area contributed by atoms with Gasteiger partial charge in [0, 0.05) is 38.8 Å². The summed E-state index contributed by atoms with van der Waals surface area (Å²) in [5.74, 6) is -0.454. The first kappa shape index (κ1) is 21.0. The number of fused-ring (bicyclic) bond motifs is 1. The molecule has 2 heterocycles. The van der Waals surface area contributed by atoms with Crippen LogP contribution in [0.25, 0.3) is 5.70 Å². The van der Waals surface area contributed by atoms with Gasteiger partial charge in [0.25, 0.3) is 0 Å². The number of pyridine rings is 1. The smallest absolute Gasteiger partial charge is 0.337 e. The molecule has 1 aromatic heterocycles. The van der Waals surface area contributed by atoms with Crippen molar-refractivity contribution in [3.05, 3.63) is 117 Å². The minimum absolute atomic E-state index is 0.0209. The number of nitro groups is 1. The van der Waals surface area contributed by atoms with Crippen molar-refractivity contribution in [3.63, 3.8) is 0 Å². The molecule has 0 saturated carbocycles. The van der Waals surface area contributed by atoms with E-state index in [1.54, 1.807) is 12.3 Å². The number of carbonyl (C=O) groups excluding carboxylic acids is 1. The van der Waals surface area contributed by atoms with Crippen molar-refractivity contribution in [2.75, 3.05) is 26.2 Å². The number of Topliss-reactive ketones (excluding diaryl/α,β-unsaturated/α-hetero) is 1. The van der Waals surface area contributed by atoms with Gasteiger partial charge >= 0.3 is 5.70 Å². The third-order valence-electron chi connectivity index (χ3n) is 6.36. The van der Waals surface area contributed by atoms with Gasteiger partial charge in [-0.2, -0.15) is 0 Å². The SMILES string of the molecule is O=C1Cc2cccnc2C(N2CCN(C(c3ccccc3)c3ccccc3)CC2)=C1[N+](=O)[O-]. The molecule has 1 saturated heterocycles. The third kappa shape index (κ3) is 4.03. The molecular weight excluding hydrogens is 416 g/mol. The minimum Gasteiger partial charge on any atom is -0.362 e. The van der Waals surface area contributed by atoms with E-state index in [2.05, 4.69) is 34.1 Å². The molecule has 0 radical (unpaired) electrons. The summed E-state index contributed by atoms with van der Waals surface area (Å²) in [5.41, 5.74) is 3.75. The molecule has 0 atom stereocenters. The second kappa shape index (κ2) is 8.96. The van der Waals surface area contributed by atoms with Gasteiger partial charge in [-0.05, 0) is 22.8 Å². The molecule has 2 aromatic carbocycles. The normalized spacial score (nSPS) is 16.8. The predicted molar refractivity (Wildman–Crippen MR) is 125 cm³/mol. The first-order chi connectivity index (χ1) is 16.1. The van der Waals surface area contributed by atoms with E-state index in [4.69, 9.17) is 0 Å². The monoisotopic (exact) mass is 440 g/mol. The molecule has 1 aliphatic carbocycles. The van der Waals surface area contributed by atoms with Gasteiger partial charge in [-0.25, -0.2) is 0 Å². The Morgan fingerprint density at radius 1 is 0.848 bits per heavy atom. The lowest BCUT2D eigenvalue weighted by molar-refractivity contribution is -0.418. The van der Waals surface area contributed by atoms with Crippen LogP contribution in [0.5, 0.6) is 0 Å². The third-order valence-corrected chi connectivity index (χ3v) is 6.36. The zero-order chi connectivity index (χ0) is 22.8. The highest BCUT2D eigenvalue weighted by Gasteiger charge is 2.39. The maximum Gasteiger partial charge on any atom is 0.337 e. The molecule has 0 amide bonds. The summed E-state index contributed by atoms with van der Waals surface area (Å²) < 4.78 is 0. The van der Waals surface area contributed by atoms with Crippen LogP contribution < -0.4 is 0 Å². The zero-order valence-corrected chi connectivity index (χ0v) is 18.1. The van der Waals surface area contributed by atoms with Crippen LogP contribution in [0.15, 0.2) is 84.7 Å². The Balaban J connectivity index is 1.46. The highest BCUT2D eigenvalue weighted by Crippen LogP contribution is 2.34. The minimum atomic E-state index is -0.543. The van der Waals surface area contributed by atoms with Crippen LogP contribution in [0.3, 0.4) is 0 Å². The Kier molecular flexibility index (Phi) is 5.71. The van der Waals surface area contributed by atoms with E-state index >= 15 is 0 Å². The van der Waals surface area contributed by atoms with Gasteiger partial charge in [-0.1, -0.05) is 66.7 Å². The summed E-state index contributed by atoms with van der Waals surface area (Å²) in [5, 5.41) is 11.8. The van der Waals surface area contributed by atoms with E-state index in [1.165, 1.54) is 11.1 Å². The molecule has 33 heavy (non-hydrogen) atoms. The quantitative estimate of drug-likeness (QED) is 0.446. The average molecular weight is 441 g/mol. The van der Waals surface area contributed by atoms with Gasteiger partial charge in [-0.3, -0.25) is 24.8 Å². The van der Waals surface area contributed by atoms with Gasteiger partial charge in [-0.15, -0.1) is 0 Å². The molecule has 0 bridgehead atoms. The molecule has 5 rings (SSSR count). The lowest BCUT2D eigenvalue weighted by Crippen LogP contribution is -2.48. The number of rotatable bonds is 5. The van der Waals surface area contributed by atoms with Crippen LogP contribution in [0.4, 0.5) is 0 Å². The number of hydrogen-bond donors (Lipinski definition) is 0. The number of ketones is 1. The van der Waals surface area contributed by atoms with Gasteiger partial charge < -0.3 is 4.90 Å². The summed E-state index contributed by atoms with van der Waals surface area (Å²) >= 11 is 0. The average Bonchev–Trinajstić information content (AvgIpc) is 2.85. The fourth-order valence-electron chi connectivity index (χ4n) is 4.87. The Hall–Kier alpha value is -3.84. The molecule has 0 unspecified atom stereocenters. The highest BCUT2D eigenvalue weighted by molar-refractivity contribution is 6.04. The topological polar surface area (TPSA) is 79.6 Å². The van der Waals surface area contributed by atoms with Crippen molar-refractivity contribution < 1.29 is 9.72 Å². The Morgan fingerprint density at radius 3 is 2.03 bits per heavy atom. The van der Waals surface area contributed by atoms with Crippen LogP contribution >= 0.6 is 0 Å². The summed E-state index contributed by atoms with van der Waals surface area (Å²) in [6.07, 6.45) is 1.65. The van der Waals surface area contributed by atoms with Gasteiger partial charge in [0.1, 0.15) is 5.70 Å². The zero-order valence-electron chi connectivity index (χ0n) is 18.1. The van der Waals surface area contributed by atoms with Crippen molar-refractivity contribution in [2.24, 2.45) is 0 Å².